The largest absolute Gasteiger partial charge is 0.450 e. The van der Waals surface area contributed by atoms with Crippen LogP contribution < -0.4 is 5.73 Å². The molecule has 1 fully saturated rings. The molecule has 6 heteroatoms. The Kier molecular flexibility index (Phi) is 5.31. The first kappa shape index (κ1) is 14.7. The number of aromatic nitrogens is 1. The number of carbonyl (C=O) groups is 1. The van der Waals surface area contributed by atoms with E-state index >= 15 is 0 Å². The minimum Gasteiger partial charge on any atom is -0.450 e. The third-order valence-electron chi connectivity index (χ3n) is 3.57. The maximum Gasteiger partial charge on any atom is 0.409 e. The molecule has 0 radical (unpaired) electrons. The number of ether oxygens (including phenoxy) is 1. The Morgan fingerprint density at radius 2 is 2.20 bits per heavy atom. The van der Waals surface area contributed by atoms with E-state index in [0.29, 0.717) is 26.2 Å². The predicted octanol–water partition coefficient (Wildman–Crippen LogP) is 0.855. The Balaban J connectivity index is 1.94. The fraction of sp³-hybridized carbons (Fsp3) is 0.571. The van der Waals surface area contributed by atoms with E-state index < -0.39 is 0 Å². The lowest BCUT2D eigenvalue weighted by Crippen LogP contribution is -2.50. The predicted molar refractivity (Wildman–Crippen MR) is 76.2 cm³/mol. The summed E-state index contributed by atoms with van der Waals surface area (Å²) in [5.41, 5.74) is 7.03. The fourth-order valence-corrected chi connectivity index (χ4v) is 2.50. The molecule has 0 aliphatic carbocycles. The Morgan fingerprint density at radius 1 is 1.45 bits per heavy atom. The van der Waals surface area contributed by atoms with E-state index in [1.165, 1.54) is 0 Å². The molecule has 20 heavy (non-hydrogen) atoms. The molecular formula is C14H22N4O2. The quantitative estimate of drug-likeness (QED) is 0.884. The summed E-state index contributed by atoms with van der Waals surface area (Å²) in [5.74, 6) is 0. The summed E-state index contributed by atoms with van der Waals surface area (Å²) in [5, 5.41) is 0. The van der Waals surface area contributed by atoms with Gasteiger partial charge in [-0.15, -0.1) is 0 Å². The van der Waals surface area contributed by atoms with E-state index in [-0.39, 0.29) is 12.1 Å². The zero-order chi connectivity index (χ0) is 14.4. The molecule has 1 saturated heterocycles. The summed E-state index contributed by atoms with van der Waals surface area (Å²) in [4.78, 5) is 19.9. The van der Waals surface area contributed by atoms with Gasteiger partial charge in [0.1, 0.15) is 0 Å². The van der Waals surface area contributed by atoms with E-state index in [9.17, 15) is 4.79 Å². The molecule has 1 amide bonds. The van der Waals surface area contributed by atoms with Crippen molar-refractivity contribution >= 4 is 6.09 Å². The van der Waals surface area contributed by atoms with Crippen LogP contribution in [0.3, 0.4) is 0 Å². The molecule has 0 spiro atoms. The maximum atomic E-state index is 11.7. The lowest BCUT2D eigenvalue weighted by Gasteiger charge is -2.38. The SMILES string of the molecule is CCOC(=O)N1CCN(C(CN)c2cccnc2)CC1. The molecule has 0 aromatic carbocycles. The third-order valence-corrected chi connectivity index (χ3v) is 3.57. The van der Waals surface area contributed by atoms with E-state index in [0.717, 1.165) is 18.7 Å². The monoisotopic (exact) mass is 278 g/mol. The summed E-state index contributed by atoms with van der Waals surface area (Å²) < 4.78 is 5.02. The van der Waals surface area contributed by atoms with Gasteiger partial charge in [-0.2, -0.15) is 0 Å². The lowest BCUT2D eigenvalue weighted by molar-refractivity contribution is 0.0670. The van der Waals surface area contributed by atoms with Crippen molar-refractivity contribution in [3.05, 3.63) is 30.1 Å². The van der Waals surface area contributed by atoms with Crippen molar-refractivity contribution in [2.24, 2.45) is 5.73 Å². The van der Waals surface area contributed by atoms with Gasteiger partial charge in [-0.25, -0.2) is 4.79 Å². The van der Waals surface area contributed by atoms with Crippen molar-refractivity contribution in [3.63, 3.8) is 0 Å². The van der Waals surface area contributed by atoms with Gasteiger partial charge in [0, 0.05) is 51.2 Å². The summed E-state index contributed by atoms with van der Waals surface area (Å²) in [6, 6.07) is 4.13. The summed E-state index contributed by atoms with van der Waals surface area (Å²) in [7, 11) is 0. The second kappa shape index (κ2) is 7.21. The topological polar surface area (TPSA) is 71.7 Å². The molecule has 2 rings (SSSR count). The lowest BCUT2D eigenvalue weighted by atomic mass is 10.1. The third kappa shape index (κ3) is 3.46. The smallest absolute Gasteiger partial charge is 0.409 e. The highest BCUT2D eigenvalue weighted by molar-refractivity contribution is 5.67. The molecule has 1 aromatic rings. The molecule has 2 heterocycles. The van der Waals surface area contributed by atoms with Crippen molar-refractivity contribution in [1.29, 1.82) is 0 Å². The van der Waals surface area contributed by atoms with E-state index in [2.05, 4.69) is 9.88 Å². The first-order valence-corrected chi connectivity index (χ1v) is 7.02. The highest BCUT2D eigenvalue weighted by Crippen LogP contribution is 2.20. The molecule has 1 aromatic heterocycles. The second-order valence-electron chi connectivity index (χ2n) is 4.76. The number of hydrogen-bond donors (Lipinski definition) is 1. The van der Waals surface area contributed by atoms with E-state index in [1.54, 1.807) is 11.1 Å². The zero-order valence-electron chi connectivity index (χ0n) is 11.9. The number of nitrogens with zero attached hydrogens (tertiary/aromatic N) is 3. The minimum absolute atomic E-state index is 0.160. The number of amides is 1. The van der Waals surface area contributed by atoms with Gasteiger partial charge in [-0.05, 0) is 18.6 Å². The van der Waals surface area contributed by atoms with Gasteiger partial charge in [0.15, 0.2) is 0 Å². The molecule has 0 saturated carbocycles. The van der Waals surface area contributed by atoms with Crippen LogP contribution in [0, 0.1) is 0 Å². The molecule has 1 aliphatic rings. The Hall–Kier alpha value is -1.66. The van der Waals surface area contributed by atoms with Crippen LogP contribution in [-0.4, -0.2) is 60.2 Å². The number of hydrogen-bond acceptors (Lipinski definition) is 5. The molecule has 1 atom stereocenters. The minimum atomic E-state index is -0.224. The Morgan fingerprint density at radius 3 is 2.75 bits per heavy atom. The first-order chi connectivity index (χ1) is 9.76. The van der Waals surface area contributed by atoms with E-state index in [4.69, 9.17) is 10.5 Å². The Bertz CT molecular complexity index is 418. The highest BCUT2D eigenvalue weighted by Gasteiger charge is 2.26. The van der Waals surface area contributed by atoms with Crippen LogP contribution in [0.4, 0.5) is 4.79 Å². The number of piperazine rings is 1. The van der Waals surface area contributed by atoms with Gasteiger partial charge in [-0.3, -0.25) is 9.88 Å². The summed E-state index contributed by atoms with van der Waals surface area (Å²) in [6.45, 7) is 5.74. The molecule has 1 unspecified atom stereocenters. The molecule has 1 aliphatic heterocycles. The average Bonchev–Trinajstić information content (AvgIpc) is 2.50. The van der Waals surface area contributed by atoms with Gasteiger partial charge in [0.05, 0.1) is 6.61 Å². The van der Waals surface area contributed by atoms with Crippen molar-refractivity contribution in [2.75, 3.05) is 39.3 Å². The van der Waals surface area contributed by atoms with Crippen molar-refractivity contribution < 1.29 is 9.53 Å². The number of carbonyl (C=O) groups excluding carboxylic acids is 1. The normalized spacial score (nSPS) is 17.8. The Labute approximate surface area is 119 Å². The zero-order valence-corrected chi connectivity index (χ0v) is 11.9. The van der Waals surface area contributed by atoms with Gasteiger partial charge in [0.25, 0.3) is 0 Å². The van der Waals surface area contributed by atoms with Crippen LogP contribution in [0.2, 0.25) is 0 Å². The van der Waals surface area contributed by atoms with Crippen LogP contribution in [-0.2, 0) is 4.74 Å². The standard InChI is InChI=1S/C14H22N4O2/c1-2-20-14(19)18-8-6-17(7-9-18)13(10-15)12-4-3-5-16-11-12/h3-5,11,13H,2,6-10,15H2,1H3. The van der Waals surface area contributed by atoms with Crippen LogP contribution in [0.15, 0.2) is 24.5 Å². The summed E-state index contributed by atoms with van der Waals surface area (Å²) in [6.07, 6.45) is 3.39. The molecule has 2 N–H and O–H groups in total. The average molecular weight is 278 g/mol. The van der Waals surface area contributed by atoms with Crippen molar-refractivity contribution in [3.8, 4) is 0 Å². The highest BCUT2D eigenvalue weighted by atomic mass is 16.6. The summed E-state index contributed by atoms with van der Waals surface area (Å²) >= 11 is 0. The first-order valence-electron chi connectivity index (χ1n) is 7.02. The van der Waals surface area contributed by atoms with E-state index in [1.807, 2.05) is 25.3 Å². The van der Waals surface area contributed by atoms with Crippen molar-refractivity contribution in [1.82, 2.24) is 14.8 Å². The van der Waals surface area contributed by atoms with Crippen molar-refractivity contribution in [2.45, 2.75) is 13.0 Å². The number of nitrogens with two attached hydrogens (primary N) is 1. The van der Waals surface area contributed by atoms with Gasteiger partial charge in [0.2, 0.25) is 0 Å². The second-order valence-corrected chi connectivity index (χ2v) is 4.76. The van der Waals surface area contributed by atoms with Crippen LogP contribution >= 0.6 is 0 Å². The number of pyridine rings is 1. The van der Waals surface area contributed by atoms with Gasteiger partial charge in [-0.1, -0.05) is 6.07 Å². The van der Waals surface area contributed by atoms with Crippen LogP contribution in [0.25, 0.3) is 0 Å². The van der Waals surface area contributed by atoms with Crippen LogP contribution in [0.5, 0.6) is 0 Å². The molecule has 110 valence electrons. The fourth-order valence-electron chi connectivity index (χ4n) is 2.50. The molecular weight excluding hydrogens is 256 g/mol. The van der Waals surface area contributed by atoms with Gasteiger partial charge >= 0.3 is 6.09 Å². The van der Waals surface area contributed by atoms with Gasteiger partial charge < -0.3 is 15.4 Å². The maximum absolute atomic E-state index is 11.7. The molecule has 6 nitrogen and oxygen atoms in total. The van der Waals surface area contributed by atoms with Crippen LogP contribution in [0.1, 0.15) is 18.5 Å². The molecule has 0 bridgehead atoms. The number of rotatable bonds is 4.